The lowest BCUT2D eigenvalue weighted by Crippen LogP contribution is -2.52. The van der Waals surface area contributed by atoms with Crippen molar-refractivity contribution in [2.75, 3.05) is 19.8 Å². The fourth-order valence-corrected chi connectivity index (χ4v) is 4.18. The molecule has 0 amide bonds. The summed E-state index contributed by atoms with van der Waals surface area (Å²) < 4.78 is 31.6. The van der Waals surface area contributed by atoms with Crippen LogP contribution in [0.5, 0.6) is 5.75 Å². The van der Waals surface area contributed by atoms with Gasteiger partial charge in [-0.2, -0.15) is 4.39 Å². The highest BCUT2D eigenvalue weighted by Crippen LogP contribution is 2.50. The van der Waals surface area contributed by atoms with Gasteiger partial charge in [0, 0.05) is 23.7 Å². The van der Waals surface area contributed by atoms with E-state index < -0.39 is 11.5 Å². The smallest absolute Gasteiger partial charge is 0.283 e. The van der Waals surface area contributed by atoms with Crippen LogP contribution in [0.15, 0.2) is 41.5 Å². The van der Waals surface area contributed by atoms with Gasteiger partial charge in [0.05, 0.1) is 19.1 Å². The zero-order chi connectivity index (χ0) is 17.7. The molecule has 0 radical (unpaired) electrons. The van der Waals surface area contributed by atoms with Gasteiger partial charge in [-0.15, -0.1) is 0 Å². The van der Waals surface area contributed by atoms with Crippen molar-refractivity contribution in [3.05, 3.63) is 48.0 Å². The lowest BCUT2D eigenvalue weighted by atomic mass is 9.72. The summed E-state index contributed by atoms with van der Waals surface area (Å²) in [6, 6.07) is 9.20. The van der Waals surface area contributed by atoms with Crippen LogP contribution in [0.4, 0.5) is 4.39 Å². The molecule has 7 heteroatoms. The van der Waals surface area contributed by atoms with Gasteiger partial charge in [0.15, 0.2) is 0 Å². The number of aliphatic imine (C=N–C) groups is 1. The van der Waals surface area contributed by atoms with Gasteiger partial charge in [0.25, 0.3) is 6.02 Å². The van der Waals surface area contributed by atoms with E-state index in [4.69, 9.17) is 19.9 Å². The van der Waals surface area contributed by atoms with Crippen molar-refractivity contribution >= 4 is 6.02 Å². The molecule has 5 rings (SSSR count). The van der Waals surface area contributed by atoms with Crippen molar-refractivity contribution in [3.8, 4) is 16.9 Å². The number of nitrogens with two attached hydrogens (primary N) is 1. The first-order valence-electron chi connectivity index (χ1n) is 8.65. The number of amidine groups is 1. The van der Waals surface area contributed by atoms with Crippen molar-refractivity contribution in [1.29, 1.82) is 0 Å². The summed E-state index contributed by atoms with van der Waals surface area (Å²) in [7, 11) is 0. The third-order valence-corrected chi connectivity index (χ3v) is 5.45. The van der Waals surface area contributed by atoms with E-state index in [2.05, 4.69) is 9.98 Å². The molecule has 1 aromatic heterocycles. The second-order valence-electron chi connectivity index (χ2n) is 6.84. The van der Waals surface area contributed by atoms with Gasteiger partial charge in [0.1, 0.15) is 24.0 Å². The maximum atomic E-state index is 14.2. The molecule has 1 fully saturated rings. The maximum Gasteiger partial charge on any atom is 0.283 e. The number of benzene rings is 1. The largest absolute Gasteiger partial charge is 0.489 e. The number of pyridine rings is 1. The zero-order valence-electron chi connectivity index (χ0n) is 14.0. The molecule has 6 nitrogen and oxygen atoms in total. The van der Waals surface area contributed by atoms with Crippen molar-refractivity contribution in [2.45, 2.75) is 18.1 Å². The molecule has 1 spiro atoms. The molecule has 2 N–H and O–H groups in total. The number of rotatable bonds is 1. The van der Waals surface area contributed by atoms with Crippen molar-refractivity contribution in [2.24, 2.45) is 16.6 Å². The van der Waals surface area contributed by atoms with E-state index in [0.717, 1.165) is 17.7 Å². The Hall–Kier alpha value is -2.67. The zero-order valence-corrected chi connectivity index (χ0v) is 14.0. The number of nitrogens with zero attached hydrogens (tertiary/aromatic N) is 2. The standard InChI is InChI=1S/C19H18FN3O3/c20-17-12(2-1-6-22-17)11-3-4-15-13(8-11)19(10-25-18(21)23-19)14-9-24-7-5-16(14)26-15/h1-4,6,8,14,16H,5,7,9-10H2,(H2,21,23)/t14-,16?,19-/m0/s1. The van der Waals surface area contributed by atoms with E-state index in [0.29, 0.717) is 30.9 Å². The molecule has 3 atom stereocenters. The number of aromatic nitrogens is 1. The molecule has 1 unspecified atom stereocenters. The van der Waals surface area contributed by atoms with Crippen LogP contribution in [-0.2, 0) is 15.0 Å². The van der Waals surface area contributed by atoms with E-state index in [1.54, 1.807) is 12.1 Å². The normalized spacial score (nSPS) is 29.3. The third-order valence-electron chi connectivity index (χ3n) is 5.45. The Morgan fingerprint density at radius 3 is 3.00 bits per heavy atom. The number of hydrogen-bond donors (Lipinski definition) is 1. The Labute approximate surface area is 149 Å². The molecule has 0 aliphatic carbocycles. The Kier molecular flexibility index (Phi) is 3.40. The molecule has 1 aromatic carbocycles. The van der Waals surface area contributed by atoms with Crippen LogP contribution in [0.25, 0.3) is 11.1 Å². The van der Waals surface area contributed by atoms with Crippen LogP contribution < -0.4 is 10.5 Å². The Balaban J connectivity index is 1.69. The molecule has 134 valence electrons. The molecular weight excluding hydrogens is 337 g/mol. The van der Waals surface area contributed by atoms with Gasteiger partial charge in [-0.3, -0.25) is 0 Å². The van der Waals surface area contributed by atoms with E-state index in [-0.39, 0.29) is 18.0 Å². The Morgan fingerprint density at radius 1 is 1.27 bits per heavy atom. The molecule has 4 heterocycles. The van der Waals surface area contributed by atoms with E-state index in [1.165, 1.54) is 6.20 Å². The number of hydrogen-bond acceptors (Lipinski definition) is 6. The highest BCUT2D eigenvalue weighted by Gasteiger charge is 2.54. The van der Waals surface area contributed by atoms with Crippen LogP contribution in [0.2, 0.25) is 0 Å². The summed E-state index contributed by atoms with van der Waals surface area (Å²) in [6.07, 6.45) is 2.22. The monoisotopic (exact) mass is 355 g/mol. The lowest BCUT2D eigenvalue weighted by molar-refractivity contribution is -0.0726. The minimum Gasteiger partial charge on any atom is -0.489 e. The maximum absolute atomic E-state index is 14.2. The minimum absolute atomic E-state index is 0.00112. The number of ether oxygens (including phenoxy) is 3. The molecule has 0 bridgehead atoms. The van der Waals surface area contributed by atoms with E-state index in [9.17, 15) is 4.39 Å². The highest BCUT2D eigenvalue weighted by molar-refractivity contribution is 5.75. The molecule has 0 saturated carbocycles. The van der Waals surface area contributed by atoms with Gasteiger partial charge in [0.2, 0.25) is 5.95 Å². The molecule has 3 aliphatic rings. The van der Waals surface area contributed by atoms with Gasteiger partial charge >= 0.3 is 0 Å². The van der Waals surface area contributed by atoms with Crippen LogP contribution in [0, 0.1) is 11.9 Å². The molecular formula is C19H18FN3O3. The molecule has 3 aliphatic heterocycles. The average molecular weight is 355 g/mol. The summed E-state index contributed by atoms with van der Waals surface area (Å²) >= 11 is 0. The summed E-state index contributed by atoms with van der Waals surface area (Å²) in [5.41, 5.74) is 7.20. The predicted molar refractivity (Wildman–Crippen MR) is 92.2 cm³/mol. The van der Waals surface area contributed by atoms with Crippen LogP contribution in [-0.4, -0.2) is 36.9 Å². The predicted octanol–water partition coefficient (Wildman–Crippen LogP) is 2.23. The van der Waals surface area contributed by atoms with Crippen molar-refractivity contribution < 1.29 is 18.6 Å². The Morgan fingerprint density at radius 2 is 2.19 bits per heavy atom. The average Bonchev–Trinajstić information content (AvgIpc) is 3.05. The fraction of sp³-hybridized carbons (Fsp3) is 0.368. The van der Waals surface area contributed by atoms with Gasteiger partial charge in [-0.05, 0) is 29.8 Å². The lowest BCUT2D eigenvalue weighted by Gasteiger charge is -2.45. The topological polar surface area (TPSA) is 79.0 Å². The highest BCUT2D eigenvalue weighted by atomic mass is 19.1. The van der Waals surface area contributed by atoms with Crippen LogP contribution in [0.3, 0.4) is 0 Å². The molecule has 26 heavy (non-hydrogen) atoms. The first-order chi connectivity index (χ1) is 12.7. The van der Waals surface area contributed by atoms with Gasteiger partial charge in [-0.25, -0.2) is 9.98 Å². The van der Waals surface area contributed by atoms with Crippen molar-refractivity contribution in [3.63, 3.8) is 0 Å². The van der Waals surface area contributed by atoms with E-state index >= 15 is 0 Å². The third kappa shape index (κ3) is 2.20. The summed E-state index contributed by atoms with van der Waals surface area (Å²) in [4.78, 5) is 8.41. The quantitative estimate of drug-likeness (QED) is 0.794. The molecule has 2 aromatic rings. The molecule has 1 saturated heterocycles. The van der Waals surface area contributed by atoms with Crippen molar-refractivity contribution in [1.82, 2.24) is 4.98 Å². The van der Waals surface area contributed by atoms with Gasteiger partial charge < -0.3 is 19.9 Å². The first kappa shape index (κ1) is 15.6. The summed E-state index contributed by atoms with van der Waals surface area (Å²) in [6.45, 7) is 1.51. The van der Waals surface area contributed by atoms with Crippen LogP contribution >= 0.6 is 0 Å². The van der Waals surface area contributed by atoms with E-state index in [1.807, 2.05) is 18.2 Å². The second kappa shape index (κ2) is 5.67. The SMILES string of the molecule is NC1=N[C@@]2(CO1)c1cc(-c3cccnc3F)ccc1OC1CCOC[C@@H]12. The van der Waals surface area contributed by atoms with Crippen LogP contribution in [0.1, 0.15) is 12.0 Å². The Bertz CT molecular complexity index is 903. The first-order valence-corrected chi connectivity index (χ1v) is 8.65. The van der Waals surface area contributed by atoms with Gasteiger partial charge in [-0.1, -0.05) is 6.07 Å². The summed E-state index contributed by atoms with van der Waals surface area (Å²) in [5, 5.41) is 0. The second-order valence-corrected chi connectivity index (χ2v) is 6.84. The number of halogens is 1. The summed E-state index contributed by atoms with van der Waals surface area (Å²) in [5.74, 6) is 0.227. The fourth-order valence-electron chi connectivity index (χ4n) is 4.18. The number of fused-ring (bicyclic) bond motifs is 4. The minimum atomic E-state index is -0.669.